The van der Waals surface area contributed by atoms with Crippen LogP contribution >= 0.6 is 46.8 Å². The Morgan fingerprint density at radius 3 is 2.52 bits per heavy atom. The van der Waals surface area contributed by atoms with Crippen molar-refractivity contribution in [2.24, 2.45) is 0 Å². The molecule has 4 rings (SSSR count). The van der Waals surface area contributed by atoms with Crippen molar-refractivity contribution in [1.29, 1.82) is 0 Å². The second kappa shape index (κ2) is 8.47. The van der Waals surface area contributed by atoms with Crippen LogP contribution in [-0.2, 0) is 0 Å². The molecule has 1 aromatic heterocycles. The molecule has 0 fully saturated rings. The van der Waals surface area contributed by atoms with Gasteiger partial charge in [-0.15, -0.1) is 11.3 Å². The first kappa shape index (κ1) is 19.8. The fourth-order valence-corrected chi connectivity index (χ4v) is 4.24. The van der Waals surface area contributed by atoms with Gasteiger partial charge in [-0.05, 0) is 54.7 Å². The molecule has 2 N–H and O–H groups in total. The molecular weight excluding hydrogens is 445 g/mol. The monoisotopic (exact) mass is 457 g/mol. The minimum Gasteiger partial charge on any atom is -0.332 e. The molecule has 144 valence electrons. The summed E-state index contributed by atoms with van der Waals surface area (Å²) >= 11 is 18.8. The molecule has 0 saturated heterocycles. The third kappa shape index (κ3) is 4.41. The SMILES string of the molecule is O=C(NC(=S)Nc1ccccc1-c1nc2ccccc2s1)c1ccc(Cl)c(Cl)c1. The summed E-state index contributed by atoms with van der Waals surface area (Å²) in [6, 6.07) is 20.3. The summed E-state index contributed by atoms with van der Waals surface area (Å²) in [7, 11) is 0. The number of hydrogen-bond acceptors (Lipinski definition) is 4. The number of anilines is 1. The zero-order chi connectivity index (χ0) is 20.4. The second-order valence-electron chi connectivity index (χ2n) is 6.07. The van der Waals surface area contributed by atoms with Crippen molar-refractivity contribution in [3.8, 4) is 10.6 Å². The predicted molar refractivity (Wildman–Crippen MR) is 125 cm³/mol. The van der Waals surface area contributed by atoms with Crippen LogP contribution in [0.25, 0.3) is 20.8 Å². The van der Waals surface area contributed by atoms with Crippen LogP contribution in [0.2, 0.25) is 10.0 Å². The van der Waals surface area contributed by atoms with Gasteiger partial charge >= 0.3 is 0 Å². The number of halogens is 2. The van der Waals surface area contributed by atoms with Gasteiger partial charge in [0.05, 0.1) is 25.9 Å². The molecule has 4 nitrogen and oxygen atoms in total. The van der Waals surface area contributed by atoms with Gasteiger partial charge in [0.1, 0.15) is 5.01 Å². The third-order valence-corrected chi connectivity index (χ3v) is 6.12. The van der Waals surface area contributed by atoms with Crippen LogP contribution in [-0.4, -0.2) is 16.0 Å². The Balaban J connectivity index is 1.54. The molecule has 0 spiro atoms. The average molecular weight is 458 g/mol. The molecule has 0 unspecified atom stereocenters. The van der Waals surface area contributed by atoms with Gasteiger partial charge in [0.15, 0.2) is 5.11 Å². The van der Waals surface area contributed by atoms with E-state index in [0.717, 1.165) is 26.5 Å². The molecule has 0 aliphatic heterocycles. The highest BCUT2D eigenvalue weighted by molar-refractivity contribution is 7.80. The Kier molecular flexibility index (Phi) is 5.78. The lowest BCUT2D eigenvalue weighted by Gasteiger charge is -2.12. The number of hydrogen-bond donors (Lipinski definition) is 2. The summed E-state index contributed by atoms with van der Waals surface area (Å²) in [5, 5.41) is 7.48. The van der Waals surface area contributed by atoms with Crippen molar-refractivity contribution in [2.75, 3.05) is 5.32 Å². The maximum atomic E-state index is 12.4. The standard InChI is InChI=1S/C21H13Cl2N3OS2/c22-14-10-9-12(11-15(14)23)19(27)26-21(28)25-16-6-2-1-5-13(16)20-24-17-7-3-4-8-18(17)29-20/h1-11H,(H2,25,26,27,28). The van der Waals surface area contributed by atoms with Crippen molar-refractivity contribution in [3.05, 3.63) is 82.3 Å². The molecular formula is C21H13Cl2N3OS2. The number of rotatable bonds is 3. The topological polar surface area (TPSA) is 54.0 Å². The first-order chi connectivity index (χ1) is 14.0. The van der Waals surface area contributed by atoms with Crippen LogP contribution in [0.1, 0.15) is 10.4 Å². The zero-order valence-electron chi connectivity index (χ0n) is 14.8. The molecule has 0 radical (unpaired) electrons. The average Bonchev–Trinajstić information content (AvgIpc) is 3.14. The fourth-order valence-electron chi connectivity index (χ4n) is 2.73. The number of carbonyl (C=O) groups is 1. The maximum absolute atomic E-state index is 12.4. The smallest absolute Gasteiger partial charge is 0.257 e. The number of para-hydroxylation sites is 2. The molecule has 1 heterocycles. The summed E-state index contributed by atoms with van der Waals surface area (Å²) in [5.41, 5.74) is 2.96. The van der Waals surface area contributed by atoms with E-state index in [4.69, 9.17) is 40.4 Å². The first-order valence-corrected chi connectivity index (χ1v) is 10.5. The number of thiazole rings is 1. The number of carbonyl (C=O) groups excluding carboxylic acids is 1. The normalized spacial score (nSPS) is 10.7. The Bertz CT molecular complexity index is 1210. The van der Waals surface area contributed by atoms with Crippen molar-refractivity contribution in [3.63, 3.8) is 0 Å². The van der Waals surface area contributed by atoms with Gasteiger partial charge < -0.3 is 5.32 Å². The van der Waals surface area contributed by atoms with Crippen molar-refractivity contribution >= 4 is 73.7 Å². The minimum atomic E-state index is -0.376. The highest BCUT2D eigenvalue weighted by Gasteiger charge is 2.13. The van der Waals surface area contributed by atoms with Gasteiger partial charge in [-0.3, -0.25) is 10.1 Å². The minimum absolute atomic E-state index is 0.176. The van der Waals surface area contributed by atoms with Gasteiger partial charge in [0, 0.05) is 11.1 Å². The van der Waals surface area contributed by atoms with Crippen LogP contribution in [0.3, 0.4) is 0 Å². The number of benzene rings is 3. The van der Waals surface area contributed by atoms with Crippen molar-refractivity contribution < 1.29 is 4.79 Å². The maximum Gasteiger partial charge on any atom is 0.257 e. The van der Waals surface area contributed by atoms with Crippen molar-refractivity contribution in [2.45, 2.75) is 0 Å². The molecule has 0 saturated carbocycles. The molecule has 0 aliphatic carbocycles. The number of amides is 1. The summed E-state index contributed by atoms with van der Waals surface area (Å²) in [4.78, 5) is 17.1. The summed E-state index contributed by atoms with van der Waals surface area (Å²) in [6.45, 7) is 0. The number of fused-ring (bicyclic) bond motifs is 1. The Morgan fingerprint density at radius 2 is 1.72 bits per heavy atom. The number of nitrogens with one attached hydrogen (secondary N) is 2. The van der Waals surface area contributed by atoms with E-state index >= 15 is 0 Å². The lowest BCUT2D eigenvalue weighted by atomic mass is 10.2. The fraction of sp³-hybridized carbons (Fsp3) is 0. The highest BCUT2D eigenvalue weighted by atomic mass is 35.5. The summed E-state index contributed by atoms with van der Waals surface area (Å²) in [5.74, 6) is -0.376. The quantitative estimate of drug-likeness (QED) is 0.349. The molecule has 8 heteroatoms. The molecule has 29 heavy (non-hydrogen) atoms. The first-order valence-electron chi connectivity index (χ1n) is 8.53. The Morgan fingerprint density at radius 1 is 0.966 bits per heavy atom. The van der Waals surface area contributed by atoms with E-state index in [1.54, 1.807) is 23.5 Å². The lowest BCUT2D eigenvalue weighted by Crippen LogP contribution is -2.34. The van der Waals surface area contributed by atoms with Crippen LogP contribution in [0.4, 0.5) is 5.69 Å². The molecule has 0 atom stereocenters. The second-order valence-corrected chi connectivity index (χ2v) is 8.32. The van der Waals surface area contributed by atoms with Gasteiger partial charge in [-0.2, -0.15) is 0 Å². The van der Waals surface area contributed by atoms with Crippen LogP contribution in [0.5, 0.6) is 0 Å². The Labute approximate surface area is 186 Å². The summed E-state index contributed by atoms with van der Waals surface area (Å²) < 4.78 is 1.10. The van der Waals surface area contributed by atoms with Crippen LogP contribution in [0, 0.1) is 0 Å². The molecule has 3 aromatic carbocycles. The number of aromatic nitrogens is 1. The lowest BCUT2D eigenvalue weighted by molar-refractivity contribution is 0.0977. The molecule has 0 aliphatic rings. The van der Waals surface area contributed by atoms with E-state index in [1.807, 2.05) is 48.5 Å². The van der Waals surface area contributed by atoms with Crippen LogP contribution in [0.15, 0.2) is 66.7 Å². The zero-order valence-corrected chi connectivity index (χ0v) is 17.9. The van der Waals surface area contributed by atoms with Gasteiger partial charge in [0.25, 0.3) is 5.91 Å². The molecule has 0 bridgehead atoms. The van der Waals surface area contributed by atoms with Crippen LogP contribution < -0.4 is 10.6 Å². The van der Waals surface area contributed by atoms with E-state index in [9.17, 15) is 4.79 Å². The van der Waals surface area contributed by atoms with E-state index in [1.165, 1.54) is 6.07 Å². The molecule has 4 aromatic rings. The third-order valence-electron chi connectivity index (χ3n) is 4.11. The van der Waals surface area contributed by atoms with Crippen molar-refractivity contribution in [1.82, 2.24) is 10.3 Å². The van der Waals surface area contributed by atoms with E-state index in [2.05, 4.69) is 10.6 Å². The predicted octanol–water partition coefficient (Wildman–Crippen LogP) is 6.40. The number of thiocarbonyl (C=S) groups is 1. The Hall–Kier alpha value is -2.51. The highest BCUT2D eigenvalue weighted by Crippen LogP contribution is 2.34. The van der Waals surface area contributed by atoms with Gasteiger partial charge in [-0.25, -0.2) is 4.98 Å². The van der Waals surface area contributed by atoms with E-state index in [0.29, 0.717) is 15.6 Å². The largest absolute Gasteiger partial charge is 0.332 e. The van der Waals surface area contributed by atoms with E-state index in [-0.39, 0.29) is 11.0 Å². The van der Waals surface area contributed by atoms with E-state index < -0.39 is 0 Å². The summed E-state index contributed by atoms with van der Waals surface area (Å²) in [6.07, 6.45) is 0. The molecule has 1 amide bonds. The van der Waals surface area contributed by atoms with Gasteiger partial charge in [0.2, 0.25) is 0 Å². The number of nitrogens with zero attached hydrogens (tertiary/aromatic N) is 1. The van der Waals surface area contributed by atoms with Gasteiger partial charge in [-0.1, -0.05) is 47.5 Å².